The Morgan fingerprint density at radius 2 is 2.33 bits per heavy atom. The number of nitrogens with one attached hydrogen (secondary N) is 1. The summed E-state index contributed by atoms with van der Waals surface area (Å²) < 4.78 is 18.1. The van der Waals surface area contributed by atoms with Gasteiger partial charge in [0.05, 0.1) is 18.4 Å². The minimum atomic E-state index is -1.70. The number of hydrogen-bond donors (Lipinski definition) is 2. The molecule has 0 aliphatic rings. The Morgan fingerprint density at radius 3 is 2.87 bits per heavy atom. The molecule has 7 heteroatoms. The number of anilines is 1. The van der Waals surface area contributed by atoms with Gasteiger partial charge in [-0.1, -0.05) is 0 Å². The summed E-state index contributed by atoms with van der Waals surface area (Å²) in [5, 5.41) is 0. The third-order valence-corrected chi connectivity index (χ3v) is 2.34. The zero-order valence-corrected chi connectivity index (χ0v) is 9.13. The zero-order chi connectivity index (χ0) is 11.4. The van der Waals surface area contributed by atoms with Crippen molar-refractivity contribution in [2.75, 3.05) is 11.8 Å². The summed E-state index contributed by atoms with van der Waals surface area (Å²) in [6.07, 6.45) is 1.33. The number of carbonyl (C=O) groups excluding carboxylic acids is 1. The Bertz CT molecular complexity index is 408. The number of aryl methyl sites for hydroxylation is 1. The molecule has 1 unspecified atom stereocenters. The molecule has 1 amide bonds. The van der Waals surface area contributed by atoms with E-state index in [9.17, 15) is 9.00 Å². The van der Waals surface area contributed by atoms with E-state index in [0.717, 1.165) is 0 Å². The van der Waals surface area contributed by atoms with E-state index in [-0.39, 0.29) is 5.56 Å². The standard InChI is InChI=1S/C8H11N3O3S/c1-5-3-7(11-15(13)14-2)6(4-10-5)8(9)12/h3-4H,1-2H3,(H2,9,12)(H,10,11). The SMILES string of the molecule is COS(=O)Nc1cc(C)ncc1C(N)=O. The molecule has 0 aliphatic carbocycles. The topological polar surface area (TPSA) is 94.3 Å². The molecule has 1 aromatic rings. The highest BCUT2D eigenvalue weighted by Gasteiger charge is 2.10. The monoisotopic (exact) mass is 229 g/mol. The van der Waals surface area contributed by atoms with Gasteiger partial charge < -0.3 is 5.73 Å². The predicted molar refractivity (Wildman–Crippen MR) is 56.3 cm³/mol. The van der Waals surface area contributed by atoms with Crippen LogP contribution in [0.15, 0.2) is 12.3 Å². The zero-order valence-electron chi connectivity index (χ0n) is 8.31. The van der Waals surface area contributed by atoms with Gasteiger partial charge in [0.25, 0.3) is 17.2 Å². The molecule has 6 nitrogen and oxygen atoms in total. The van der Waals surface area contributed by atoms with Crippen molar-refractivity contribution in [3.05, 3.63) is 23.5 Å². The maximum Gasteiger partial charge on any atom is 0.261 e. The molecular formula is C8H11N3O3S. The van der Waals surface area contributed by atoms with Crippen molar-refractivity contribution in [1.82, 2.24) is 4.98 Å². The first-order chi connectivity index (χ1) is 7.04. The van der Waals surface area contributed by atoms with E-state index in [1.165, 1.54) is 13.3 Å². The van der Waals surface area contributed by atoms with Gasteiger partial charge in [0.1, 0.15) is 0 Å². The molecule has 0 saturated heterocycles. The summed E-state index contributed by atoms with van der Waals surface area (Å²) in [7, 11) is 1.28. The molecule has 0 spiro atoms. The quantitative estimate of drug-likeness (QED) is 0.767. The fraction of sp³-hybridized carbons (Fsp3) is 0.250. The summed E-state index contributed by atoms with van der Waals surface area (Å²) in [4.78, 5) is 14.9. The minimum absolute atomic E-state index is 0.172. The molecule has 0 saturated carbocycles. The molecule has 1 atom stereocenters. The first-order valence-electron chi connectivity index (χ1n) is 4.04. The number of primary amides is 1. The lowest BCUT2D eigenvalue weighted by molar-refractivity contribution is 0.100. The molecule has 0 bridgehead atoms. The average molecular weight is 229 g/mol. The van der Waals surface area contributed by atoms with Gasteiger partial charge in [0.15, 0.2) is 0 Å². The van der Waals surface area contributed by atoms with Gasteiger partial charge in [-0.05, 0) is 13.0 Å². The number of rotatable bonds is 4. The van der Waals surface area contributed by atoms with Crippen LogP contribution in [0.1, 0.15) is 16.1 Å². The van der Waals surface area contributed by atoms with E-state index in [1.54, 1.807) is 13.0 Å². The van der Waals surface area contributed by atoms with E-state index in [4.69, 9.17) is 5.73 Å². The largest absolute Gasteiger partial charge is 0.365 e. The van der Waals surface area contributed by atoms with Gasteiger partial charge in [-0.25, -0.2) is 4.21 Å². The van der Waals surface area contributed by atoms with Crippen molar-refractivity contribution >= 4 is 22.9 Å². The van der Waals surface area contributed by atoms with Crippen LogP contribution in [0.2, 0.25) is 0 Å². The van der Waals surface area contributed by atoms with E-state index < -0.39 is 17.2 Å². The molecule has 1 aromatic heterocycles. The van der Waals surface area contributed by atoms with E-state index in [0.29, 0.717) is 11.4 Å². The third kappa shape index (κ3) is 3.00. The average Bonchev–Trinajstić information content (AvgIpc) is 2.17. The number of amides is 1. The smallest absolute Gasteiger partial charge is 0.261 e. The molecule has 1 heterocycles. The molecule has 82 valence electrons. The van der Waals surface area contributed by atoms with Gasteiger partial charge in [0, 0.05) is 11.9 Å². The van der Waals surface area contributed by atoms with Crippen LogP contribution in [-0.2, 0) is 15.4 Å². The van der Waals surface area contributed by atoms with E-state index >= 15 is 0 Å². The second-order valence-corrected chi connectivity index (χ2v) is 3.75. The van der Waals surface area contributed by atoms with Crippen LogP contribution in [0, 0.1) is 6.92 Å². The summed E-state index contributed by atoms with van der Waals surface area (Å²) >= 11 is -1.70. The molecular weight excluding hydrogens is 218 g/mol. The van der Waals surface area contributed by atoms with Gasteiger partial charge in [-0.2, -0.15) is 0 Å². The van der Waals surface area contributed by atoms with Crippen molar-refractivity contribution in [2.45, 2.75) is 6.92 Å². The lowest BCUT2D eigenvalue weighted by Gasteiger charge is -2.07. The number of nitrogens with two attached hydrogens (primary N) is 1. The Morgan fingerprint density at radius 1 is 1.67 bits per heavy atom. The highest BCUT2D eigenvalue weighted by molar-refractivity contribution is 7.81. The van der Waals surface area contributed by atoms with Crippen LogP contribution in [0.4, 0.5) is 5.69 Å². The normalized spacial score (nSPS) is 12.1. The summed E-state index contributed by atoms with van der Waals surface area (Å²) in [5.41, 5.74) is 6.31. The summed E-state index contributed by atoms with van der Waals surface area (Å²) in [5.74, 6) is -0.641. The molecule has 3 N–H and O–H groups in total. The van der Waals surface area contributed by atoms with Crippen molar-refractivity contribution in [3.8, 4) is 0 Å². The first-order valence-corrected chi connectivity index (χ1v) is 5.11. The van der Waals surface area contributed by atoms with Gasteiger partial charge in [0.2, 0.25) is 0 Å². The second-order valence-electron chi connectivity index (χ2n) is 2.74. The highest BCUT2D eigenvalue weighted by Crippen LogP contribution is 2.15. The van der Waals surface area contributed by atoms with Crippen LogP contribution in [0.5, 0.6) is 0 Å². The Labute approximate surface area is 89.6 Å². The van der Waals surface area contributed by atoms with Crippen LogP contribution < -0.4 is 10.5 Å². The number of nitrogens with zero attached hydrogens (tertiary/aromatic N) is 1. The lowest BCUT2D eigenvalue weighted by Crippen LogP contribution is -2.16. The molecule has 15 heavy (non-hydrogen) atoms. The maximum atomic E-state index is 11.1. The first kappa shape index (κ1) is 11.6. The maximum absolute atomic E-state index is 11.1. The summed E-state index contributed by atoms with van der Waals surface area (Å²) in [6, 6.07) is 1.57. The number of pyridine rings is 1. The van der Waals surface area contributed by atoms with Crippen LogP contribution >= 0.6 is 0 Å². The minimum Gasteiger partial charge on any atom is -0.365 e. The molecule has 1 rings (SSSR count). The van der Waals surface area contributed by atoms with Crippen molar-refractivity contribution < 1.29 is 13.2 Å². The van der Waals surface area contributed by atoms with Crippen molar-refractivity contribution in [1.29, 1.82) is 0 Å². The Balaban J connectivity index is 3.07. The van der Waals surface area contributed by atoms with Crippen LogP contribution in [0.25, 0.3) is 0 Å². The Kier molecular flexibility index (Phi) is 3.75. The van der Waals surface area contributed by atoms with E-state index in [2.05, 4.69) is 13.9 Å². The van der Waals surface area contributed by atoms with Gasteiger partial charge >= 0.3 is 0 Å². The fourth-order valence-corrected chi connectivity index (χ4v) is 1.40. The highest BCUT2D eigenvalue weighted by atomic mass is 32.2. The molecule has 0 radical (unpaired) electrons. The van der Waals surface area contributed by atoms with Crippen molar-refractivity contribution in [2.24, 2.45) is 5.73 Å². The Hall–Kier alpha value is -1.47. The number of hydrogen-bond acceptors (Lipinski definition) is 4. The van der Waals surface area contributed by atoms with Gasteiger partial charge in [-0.3, -0.25) is 18.7 Å². The molecule has 0 aromatic carbocycles. The predicted octanol–water partition coefficient (Wildman–Crippen LogP) is 0.126. The lowest BCUT2D eigenvalue weighted by atomic mass is 10.2. The third-order valence-electron chi connectivity index (χ3n) is 1.65. The molecule has 0 aliphatic heterocycles. The van der Waals surface area contributed by atoms with Crippen LogP contribution in [0.3, 0.4) is 0 Å². The number of carbonyl (C=O) groups is 1. The fourth-order valence-electron chi connectivity index (χ4n) is 0.972. The van der Waals surface area contributed by atoms with Crippen LogP contribution in [-0.4, -0.2) is 22.2 Å². The van der Waals surface area contributed by atoms with Gasteiger partial charge in [-0.15, -0.1) is 0 Å². The second kappa shape index (κ2) is 4.85. The molecule has 0 fully saturated rings. The number of aromatic nitrogens is 1. The van der Waals surface area contributed by atoms with E-state index in [1.807, 2.05) is 0 Å². The van der Waals surface area contributed by atoms with Crippen molar-refractivity contribution in [3.63, 3.8) is 0 Å². The summed E-state index contributed by atoms with van der Waals surface area (Å²) in [6.45, 7) is 1.74.